The predicted molar refractivity (Wildman–Crippen MR) is 109 cm³/mol. The fraction of sp³-hybridized carbons (Fsp3) is 0.217. The molecule has 0 saturated carbocycles. The number of aryl methyl sites for hydroxylation is 2. The Morgan fingerprint density at radius 3 is 2.59 bits per heavy atom. The van der Waals surface area contributed by atoms with Gasteiger partial charge in [0.2, 0.25) is 0 Å². The first-order valence-electron chi connectivity index (χ1n) is 9.13. The van der Waals surface area contributed by atoms with Gasteiger partial charge in [-0.05, 0) is 59.5 Å². The Morgan fingerprint density at radius 1 is 1.00 bits per heavy atom. The highest BCUT2D eigenvalue weighted by Crippen LogP contribution is 2.42. The number of aromatic nitrogens is 1. The molecule has 0 aliphatic rings. The van der Waals surface area contributed by atoms with E-state index >= 15 is 0 Å². The van der Waals surface area contributed by atoms with Gasteiger partial charge in [-0.1, -0.05) is 24.3 Å². The van der Waals surface area contributed by atoms with Crippen LogP contribution in [0.1, 0.15) is 12.0 Å². The Morgan fingerprint density at radius 2 is 1.81 bits per heavy atom. The molecule has 0 radical (unpaired) electrons. The predicted octanol–water partition coefficient (Wildman–Crippen LogP) is 4.64. The number of hydrogen-bond acceptors (Lipinski definition) is 3. The molecular weight excluding hydrogens is 338 g/mol. The average Bonchev–Trinajstić information content (AvgIpc) is 2.98. The molecule has 0 unspecified atom stereocenters. The van der Waals surface area contributed by atoms with Gasteiger partial charge in [0.05, 0.1) is 12.8 Å². The number of phenolic OH excluding ortho intramolecular Hbond substituents is 1. The van der Waals surface area contributed by atoms with Crippen molar-refractivity contribution >= 4 is 21.7 Å². The highest BCUT2D eigenvalue weighted by molar-refractivity contribution is 6.04. The number of hydrogen-bond donors (Lipinski definition) is 2. The number of aliphatic hydroxyl groups excluding tert-OH is 1. The zero-order valence-corrected chi connectivity index (χ0v) is 15.6. The van der Waals surface area contributed by atoms with Gasteiger partial charge in [0.1, 0.15) is 11.5 Å². The molecule has 4 aromatic rings. The van der Waals surface area contributed by atoms with Crippen LogP contribution in [-0.2, 0) is 13.5 Å². The molecule has 3 aromatic carbocycles. The number of aliphatic hydroxyl groups is 1. The summed E-state index contributed by atoms with van der Waals surface area (Å²) in [6.07, 6.45) is 1.43. The van der Waals surface area contributed by atoms with Crippen molar-refractivity contribution in [3.8, 4) is 22.8 Å². The van der Waals surface area contributed by atoms with Gasteiger partial charge in [-0.3, -0.25) is 0 Å². The van der Waals surface area contributed by atoms with Gasteiger partial charge in [-0.15, -0.1) is 0 Å². The SMILES string of the molecule is COc1ccc2c(-c3c(CCCO)c4ccccc4n3C)c(O)ccc2c1. The van der Waals surface area contributed by atoms with Gasteiger partial charge < -0.3 is 19.5 Å². The topological polar surface area (TPSA) is 54.6 Å². The van der Waals surface area contributed by atoms with Crippen molar-refractivity contribution in [3.05, 3.63) is 60.2 Å². The first kappa shape index (κ1) is 17.4. The monoisotopic (exact) mass is 361 g/mol. The van der Waals surface area contributed by atoms with E-state index in [-0.39, 0.29) is 12.4 Å². The minimum absolute atomic E-state index is 0.140. The van der Waals surface area contributed by atoms with Crippen LogP contribution in [0.15, 0.2) is 54.6 Å². The average molecular weight is 361 g/mol. The standard InChI is InChI=1S/C23H23NO3/c1-24-20-8-4-3-6-18(20)19(7-5-13-25)23(24)22-17-11-10-16(27-2)14-15(17)9-12-21(22)26/h3-4,6,8-12,14,25-26H,5,7,13H2,1-2H3. The van der Waals surface area contributed by atoms with E-state index in [4.69, 9.17) is 4.74 Å². The minimum atomic E-state index is 0.140. The lowest BCUT2D eigenvalue weighted by atomic mass is 9.96. The van der Waals surface area contributed by atoms with Crippen molar-refractivity contribution in [2.24, 2.45) is 7.05 Å². The zero-order valence-electron chi connectivity index (χ0n) is 15.6. The first-order chi connectivity index (χ1) is 13.2. The van der Waals surface area contributed by atoms with Crippen molar-refractivity contribution in [1.82, 2.24) is 4.57 Å². The van der Waals surface area contributed by atoms with Crippen LogP contribution >= 0.6 is 0 Å². The van der Waals surface area contributed by atoms with Crippen LogP contribution in [0, 0.1) is 0 Å². The maximum atomic E-state index is 10.8. The normalized spacial score (nSPS) is 11.4. The molecule has 4 nitrogen and oxygen atoms in total. The molecule has 0 atom stereocenters. The minimum Gasteiger partial charge on any atom is -0.507 e. The molecule has 0 saturated heterocycles. The Kier molecular flexibility index (Phi) is 4.50. The van der Waals surface area contributed by atoms with Crippen molar-refractivity contribution in [2.75, 3.05) is 13.7 Å². The van der Waals surface area contributed by atoms with Gasteiger partial charge in [0.25, 0.3) is 0 Å². The quantitative estimate of drug-likeness (QED) is 0.545. The fourth-order valence-electron chi connectivity index (χ4n) is 3.97. The maximum Gasteiger partial charge on any atom is 0.125 e. The number of para-hydroxylation sites is 1. The Bertz CT molecular complexity index is 1130. The summed E-state index contributed by atoms with van der Waals surface area (Å²) in [6.45, 7) is 0.140. The number of methoxy groups -OCH3 is 1. The third kappa shape index (κ3) is 2.82. The molecule has 0 amide bonds. The third-order valence-corrected chi connectivity index (χ3v) is 5.24. The summed E-state index contributed by atoms with van der Waals surface area (Å²) in [4.78, 5) is 0. The van der Waals surface area contributed by atoms with Gasteiger partial charge in [-0.25, -0.2) is 0 Å². The summed E-state index contributed by atoms with van der Waals surface area (Å²) in [6, 6.07) is 17.8. The second kappa shape index (κ2) is 6.97. The molecule has 0 spiro atoms. The van der Waals surface area contributed by atoms with Crippen LogP contribution < -0.4 is 4.74 Å². The second-order valence-corrected chi connectivity index (χ2v) is 6.78. The van der Waals surface area contributed by atoms with Crippen LogP contribution in [0.2, 0.25) is 0 Å². The summed E-state index contributed by atoms with van der Waals surface area (Å²) in [5.74, 6) is 1.04. The molecule has 2 N–H and O–H groups in total. The van der Waals surface area contributed by atoms with Crippen LogP contribution in [0.3, 0.4) is 0 Å². The van der Waals surface area contributed by atoms with Gasteiger partial charge in [-0.2, -0.15) is 0 Å². The lowest BCUT2D eigenvalue weighted by molar-refractivity contribution is 0.289. The lowest BCUT2D eigenvalue weighted by Gasteiger charge is -2.14. The number of rotatable bonds is 5. The van der Waals surface area contributed by atoms with Crippen LogP contribution in [0.5, 0.6) is 11.5 Å². The molecule has 1 aromatic heterocycles. The molecule has 27 heavy (non-hydrogen) atoms. The lowest BCUT2D eigenvalue weighted by Crippen LogP contribution is -1.97. The zero-order chi connectivity index (χ0) is 19.0. The number of benzene rings is 3. The highest BCUT2D eigenvalue weighted by atomic mass is 16.5. The molecular formula is C23H23NO3. The van der Waals surface area contributed by atoms with Crippen LogP contribution in [0.4, 0.5) is 0 Å². The Labute approximate surface area is 158 Å². The van der Waals surface area contributed by atoms with Crippen molar-refractivity contribution in [1.29, 1.82) is 0 Å². The van der Waals surface area contributed by atoms with E-state index in [1.807, 2.05) is 43.4 Å². The molecule has 138 valence electrons. The number of ether oxygens (including phenoxy) is 1. The summed E-state index contributed by atoms with van der Waals surface area (Å²) < 4.78 is 7.49. The second-order valence-electron chi connectivity index (χ2n) is 6.78. The van der Waals surface area contributed by atoms with Gasteiger partial charge in [0.15, 0.2) is 0 Å². The van der Waals surface area contributed by atoms with Crippen molar-refractivity contribution < 1.29 is 14.9 Å². The number of fused-ring (bicyclic) bond motifs is 2. The van der Waals surface area contributed by atoms with Crippen molar-refractivity contribution in [2.45, 2.75) is 12.8 Å². The number of nitrogens with zero attached hydrogens (tertiary/aromatic N) is 1. The maximum absolute atomic E-state index is 10.8. The van der Waals surface area contributed by atoms with E-state index in [0.717, 1.165) is 50.7 Å². The Hall–Kier alpha value is -2.98. The molecule has 0 aliphatic heterocycles. The summed E-state index contributed by atoms with van der Waals surface area (Å²) >= 11 is 0. The third-order valence-electron chi connectivity index (χ3n) is 5.24. The van der Waals surface area contributed by atoms with E-state index in [1.54, 1.807) is 13.2 Å². The van der Waals surface area contributed by atoms with Crippen LogP contribution in [-0.4, -0.2) is 28.5 Å². The highest BCUT2D eigenvalue weighted by Gasteiger charge is 2.20. The van der Waals surface area contributed by atoms with Crippen LogP contribution in [0.25, 0.3) is 32.9 Å². The van der Waals surface area contributed by atoms with Crippen molar-refractivity contribution in [3.63, 3.8) is 0 Å². The van der Waals surface area contributed by atoms with E-state index in [0.29, 0.717) is 6.42 Å². The largest absolute Gasteiger partial charge is 0.507 e. The van der Waals surface area contributed by atoms with Gasteiger partial charge >= 0.3 is 0 Å². The molecule has 0 aliphatic carbocycles. The summed E-state index contributed by atoms with van der Waals surface area (Å²) in [5, 5.41) is 23.3. The molecule has 4 heteroatoms. The molecule has 0 fully saturated rings. The fourth-order valence-corrected chi connectivity index (χ4v) is 3.97. The number of aromatic hydroxyl groups is 1. The smallest absolute Gasteiger partial charge is 0.125 e. The summed E-state index contributed by atoms with van der Waals surface area (Å²) in [7, 11) is 3.68. The number of phenols is 1. The van der Waals surface area contributed by atoms with E-state index in [2.05, 4.69) is 16.7 Å². The van der Waals surface area contributed by atoms with E-state index in [1.165, 1.54) is 0 Å². The van der Waals surface area contributed by atoms with E-state index < -0.39 is 0 Å². The van der Waals surface area contributed by atoms with E-state index in [9.17, 15) is 10.2 Å². The first-order valence-corrected chi connectivity index (χ1v) is 9.13. The molecule has 4 rings (SSSR count). The summed E-state index contributed by atoms with van der Waals surface area (Å²) in [5.41, 5.74) is 4.09. The molecule has 1 heterocycles. The Balaban J connectivity index is 2.07. The molecule has 0 bridgehead atoms. The van der Waals surface area contributed by atoms with Gasteiger partial charge in [0, 0.05) is 30.1 Å².